The quantitative estimate of drug-likeness (QED) is 0.776. The van der Waals surface area contributed by atoms with E-state index in [2.05, 4.69) is 10.1 Å². The van der Waals surface area contributed by atoms with E-state index >= 15 is 0 Å². The van der Waals surface area contributed by atoms with Gasteiger partial charge in [0.25, 0.3) is 0 Å². The molecule has 0 aliphatic carbocycles. The van der Waals surface area contributed by atoms with Crippen LogP contribution in [0.15, 0.2) is 24.3 Å². The average Bonchev–Trinajstić information content (AvgIpc) is 2.97. The zero-order valence-corrected chi connectivity index (χ0v) is 15.7. The van der Waals surface area contributed by atoms with Gasteiger partial charge in [-0.2, -0.15) is 0 Å². The number of ether oxygens (including phenoxy) is 1. The van der Waals surface area contributed by atoms with E-state index in [4.69, 9.17) is 0 Å². The predicted molar refractivity (Wildman–Crippen MR) is 93.9 cm³/mol. The fourth-order valence-corrected chi connectivity index (χ4v) is 3.36. The molecule has 2 amide bonds. The molecular formula is C19H25F3N2O3. The zero-order chi connectivity index (χ0) is 20.2. The lowest BCUT2D eigenvalue weighted by molar-refractivity contribution is -0.274. The van der Waals surface area contributed by atoms with E-state index in [0.29, 0.717) is 12.1 Å². The molecule has 0 aromatic heterocycles. The molecule has 0 saturated carbocycles. The minimum Gasteiger partial charge on any atom is -0.406 e. The summed E-state index contributed by atoms with van der Waals surface area (Å²) in [5.74, 6) is -0.953. The van der Waals surface area contributed by atoms with Crippen LogP contribution in [0.1, 0.15) is 51.6 Å². The van der Waals surface area contributed by atoms with E-state index in [9.17, 15) is 22.8 Å². The first kappa shape index (κ1) is 21.1. The summed E-state index contributed by atoms with van der Waals surface area (Å²) in [4.78, 5) is 26.5. The lowest BCUT2D eigenvalue weighted by Gasteiger charge is -2.26. The molecule has 2 unspecified atom stereocenters. The van der Waals surface area contributed by atoms with Crippen LogP contribution in [0, 0.1) is 5.92 Å². The molecule has 1 aromatic rings. The second kappa shape index (κ2) is 8.63. The monoisotopic (exact) mass is 386 g/mol. The Morgan fingerprint density at radius 2 is 1.85 bits per heavy atom. The zero-order valence-electron chi connectivity index (χ0n) is 15.7. The highest BCUT2D eigenvalue weighted by Gasteiger charge is 2.37. The maximum Gasteiger partial charge on any atom is 0.573 e. The highest BCUT2D eigenvalue weighted by Crippen LogP contribution is 2.26. The first-order valence-corrected chi connectivity index (χ1v) is 9.10. The van der Waals surface area contributed by atoms with E-state index < -0.39 is 18.3 Å². The second-order valence-corrected chi connectivity index (χ2v) is 6.76. The van der Waals surface area contributed by atoms with Gasteiger partial charge >= 0.3 is 6.36 Å². The van der Waals surface area contributed by atoms with Gasteiger partial charge in [-0.15, -0.1) is 13.2 Å². The number of amides is 2. The van der Waals surface area contributed by atoms with Crippen molar-refractivity contribution in [1.29, 1.82) is 0 Å². The number of rotatable bonds is 7. The summed E-state index contributed by atoms with van der Waals surface area (Å²) in [5.41, 5.74) is 0.652. The van der Waals surface area contributed by atoms with Crippen LogP contribution in [0.2, 0.25) is 0 Å². The summed E-state index contributed by atoms with van der Waals surface area (Å²) in [7, 11) is 0. The van der Waals surface area contributed by atoms with Crippen molar-refractivity contribution in [1.82, 2.24) is 10.2 Å². The van der Waals surface area contributed by atoms with Gasteiger partial charge in [-0.1, -0.05) is 26.0 Å². The maximum absolute atomic E-state index is 12.5. The van der Waals surface area contributed by atoms with Crippen molar-refractivity contribution in [2.75, 3.05) is 6.54 Å². The van der Waals surface area contributed by atoms with Gasteiger partial charge in [-0.25, -0.2) is 0 Å². The minimum atomic E-state index is -4.74. The maximum atomic E-state index is 12.5. The number of alkyl halides is 3. The summed E-state index contributed by atoms with van der Waals surface area (Å²) in [6, 6.07) is 5.12. The molecule has 2 rings (SSSR count). The average molecular weight is 386 g/mol. The standard InChI is InChI=1S/C19H25F3N2O3/c1-4-15(5-2)24-11-14(10-17(24)25)18(26)23-12(3)13-6-8-16(9-7-13)27-19(20,21)22/h6-9,12,14-15H,4-5,10-11H2,1-3H3,(H,23,26). The van der Waals surface area contributed by atoms with Gasteiger partial charge in [-0.05, 0) is 37.5 Å². The van der Waals surface area contributed by atoms with E-state index in [0.717, 1.165) is 12.8 Å². The van der Waals surface area contributed by atoms with Crippen LogP contribution < -0.4 is 10.1 Å². The molecule has 2 atom stereocenters. The van der Waals surface area contributed by atoms with Crippen LogP contribution in [0.4, 0.5) is 13.2 Å². The number of hydrogen-bond acceptors (Lipinski definition) is 3. The Morgan fingerprint density at radius 3 is 2.37 bits per heavy atom. The molecule has 150 valence electrons. The third kappa shape index (κ3) is 5.61. The molecule has 0 radical (unpaired) electrons. The van der Waals surface area contributed by atoms with Gasteiger partial charge in [-0.3, -0.25) is 9.59 Å². The minimum absolute atomic E-state index is 0.00912. The van der Waals surface area contributed by atoms with Crippen molar-refractivity contribution in [2.45, 2.75) is 58.5 Å². The van der Waals surface area contributed by atoms with Crippen molar-refractivity contribution in [3.05, 3.63) is 29.8 Å². The van der Waals surface area contributed by atoms with Crippen molar-refractivity contribution < 1.29 is 27.5 Å². The van der Waals surface area contributed by atoms with E-state index in [-0.39, 0.29) is 30.0 Å². The third-order valence-corrected chi connectivity index (χ3v) is 4.88. The van der Waals surface area contributed by atoms with Gasteiger partial charge in [0.1, 0.15) is 5.75 Å². The van der Waals surface area contributed by atoms with Gasteiger partial charge in [0, 0.05) is 19.0 Å². The molecule has 5 nitrogen and oxygen atoms in total. The van der Waals surface area contributed by atoms with Crippen LogP contribution in [0.25, 0.3) is 0 Å². The molecule has 27 heavy (non-hydrogen) atoms. The van der Waals surface area contributed by atoms with Crippen LogP contribution in [-0.4, -0.2) is 35.7 Å². The summed E-state index contributed by atoms with van der Waals surface area (Å²) < 4.78 is 40.5. The number of nitrogens with one attached hydrogen (secondary N) is 1. The highest BCUT2D eigenvalue weighted by molar-refractivity contribution is 5.89. The van der Waals surface area contributed by atoms with E-state index in [1.807, 2.05) is 13.8 Å². The van der Waals surface area contributed by atoms with Crippen molar-refractivity contribution >= 4 is 11.8 Å². The first-order chi connectivity index (χ1) is 12.6. The molecule has 1 saturated heterocycles. The smallest absolute Gasteiger partial charge is 0.406 e. The number of nitrogens with zero attached hydrogens (tertiary/aromatic N) is 1. The molecule has 8 heteroatoms. The lowest BCUT2D eigenvalue weighted by Crippen LogP contribution is -2.38. The lowest BCUT2D eigenvalue weighted by atomic mass is 10.0. The van der Waals surface area contributed by atoms with Crippen LogP contribution >= 0.6 is 0 Å². The number of halogens is 3. The molecule has 1 aliphatic rings. The highest BCUT2D eigenvalue weighted by atomic mass is 19.4. The Balaban J connectivity index is 1.94. The number of carbonyl (C=O) groups is 2. The van der Waals surface area contributed by atoms with Gasteiger partial charge in [0.2, 0.25) is 11.8 Å². The molecule has 1 aliphatic heterocycles. The summed E-state index contributed by atoms with van der Waals surface area (Å²) in [6.07, 6.45) is -2.86. The molecule has 0 spiro atoms. The first-order valence-electron chi connectivity index (χ1n) is 9.10. The van der Waals surface area contributed by atoms with E-state index in [1.54, 1.807) is 11.8 Å². The SMILES string of the molecule is CCC(CC)N1CC(C(=O)NC(C)c2ccc(OC(F)(F)F)cc2)CC1=O. The Hall–Kier alpha value is -2.25. The van der Waals surface area contributed by atoms with Gasteiger partial charge in [0.05, 0.1) is 12.0 Å². The Labute approximate surface area is 156 Å². The van der Waals surface area contributed by atoms with Crippen LogP contribution in [0.5, 0.6) is 5.75 Å². The van der Waals surface area contributed by atoms with Crippen molar-refractivity contribution in [2.24, 2.45) is 5.92 Å². The Bertz CT molecular complexity index is 657. The second-order valence-electron chi connectivity index (χ2n) is 6.76. The topological polar surface area (TPSA) is 58.6 Å². The number of carbonyl (C=O) groups excluding carboxylic acids is 2. The molecule has 1 N–H and O–H groups in total. The van der Waals surface area contributed by atoms with Gasteiger partial charge in [0.15, 0.2) is 0 Å². The fraction of sp³-hybridized carbons (Fsp3) is 0.579. The Kier molecular flexibility index (Phi) is 6.73. The van der Waals surface area contributed by atoms with Gasteiger partial charge < -0.3 is 15.0 Å². The Morgan fingerprint density at radius 1 is 1.26 bits per heavy atom. The van der Waals surface area contributed by atoms with Crippen LogP contribution in [0.3, 0.4) is 0 Å². The summed E-state index contributed by atoms with van der Waals surface area (Å²) in [6.45, 7) is 6.18. The number of benzene rings is 1. The normalized spacial score (nSPS) is 18.7. The molecule has 0 bridgehead atoms. The number of likely N-dealkylation sites (tertiary alicyclic amines) is 1. The molecule has 1 aromatic carbocycles. The van der Waals surface area contributed by atoms with Crippen LogP contribution in [-0.2, 0) is 9.59 Å². The molecule has 1 fully saturated rings. The summed E-state index contributed by atoms with van der Waals surface area (Å²) in [5, 5.41) is 2.84. The van der Waals surface area contributed by atoms with Crippen molar-refractivity contribution in [3.63, 3.8) is 0 Å². The number of hydrogen-bond donors (Lipinski definition) is 1. The van der Waals surface area contributed by atoms with E-state index in [1.165, 1.54) is 24.3 Å². The predicted octanol–water partition coefficient (Wildman–Crippen LogP) is 3.80. The largest absolute Gasteiger partial charge is 0.573 e. The molecule has 1 heterocycles. The fourth-order valence-electron chi connectivity index (χ4n) is 3.36. The summed E-state index contributed by atoms with van der Waals surface area (Å²) >= 11 is 0. The van der Waals surface area contributed by atoms with Crippen molar-refractivity contribution in [3.8, 4) is 5.75 Å². The molecular weight excluding hydrogens is 361 g/mol. The third-order valence-electron chi connectivity index (χ3n) is 4.88.